The van der Waals surface area contributed by atoms with E-state index in [1.54, 1.807) is 24.6 Å². The van der Waals surface area contributed by atoms with Gasteiger partial charge >= 0.3 is 0 Å². The van der Waals surface area contributed by atoms with Gasteiger partial charge in [0.2, 0.25) is 0 Å². The Hall–Kier alpha value is -0.890. The number of aryl methyl sites for hydroxylation is 1. The number of aliphatic hydroxyl groups is 1. The van der Waals surface area contributed by atoms with Gasteiger partial charge in [-0.25, -0.2) is 0 Å². The molecule has 2 heterocycles. The van der Waals surface area contributed by atoms with Crippen LogP contribution in [-0.4, -0.2) is 47.5 Å². The van der Waals surface area contributed by atoms with E-state index in [1.165, 1.54) is 0 Å². The maximum absolute atomic E-state index is 10.7. The Labute approximate surface area is 137 Å². The molecule has 0 bridgehead atoms. The van der Waals surface area contributed by atoms with Crippen molar-refractivity contribution in [2.45, 2.75) is 19.6 Å². The number of thiophene rings is 1. The van der Waals surface area contributed by atoms with Crippen LogP contribution in [0.4, 0.5) is 0 Å². The summed E-state index contributed by atoms with van der Waals surface area (Å²) in [4.78, 5) is 4.10. The first-order valence-electron chi connectivity index (χ1n) is 6.62. The lowest BCUT2D eigenvalue weighted by Gasteiger charge is -2.15. The number of aromatic nitrogens is 2. The molecule has 0 amide bonds. The molecule has 1 N–H and O–H groups in total. The molecule has 0 saturated carbocycles. The number of methoxy groups -OCH3 is 1. The van der Waals surface area contributed by atoms with E-state index in [0.717, 1.165) is 20.8 Å². The molecule has 2 aromatic rings. The average molecular weight is 374 g/mol. The summed E-state index contributed by atoms with van der Waals surface area (Å²) in [6.45, 7) is 3.57. The molecule has 0 aromatic carbocycles. The second-order valence-electron chi connectivity index (χ2n) is 5.08. The van der Waals surface area contributed by atoms with E-state index in [0.29, 0.717) is 18.0 Å². The van der Waals surface area contributed by atoms with Crippen molar-refractivity contribution in [1.82, 2.24) is 14.7 Å². The Morgan fingerprint density at radius 1 is 1.52 bits per heavy atom. The maximum Gasteiger partial charge on any atom is 0.163 e. The highest BCUT2D eigenvalue weighted by molar-refractivity contribution is 9.10. The zero-order chi connectivity index (χ0) is 15.6. The smallest absolute Gasteiger partial charge is 0.163 e. The number of halogens is 1. The Morgan fingerprint density at radius 3 is 2.76 bits per heavy atom. The van der Waals surface area contributed by atoms with E-state index in [-0.39, 0.29) is 0 Å². The summed E-state index contributed by atoms with van der Waals surface area (Å²) in [5.74, 6) is 0.614. The van der Waals surface area contributed by atoms with E-state index < -0.39 is 6.10 Å². The van der Waals surface area contributed by atoms with Crippen LogP contribution in [0.5, 0.6) is 5.75 Å². The second kappa shape index (κ2) is 6.91. The fourth-order valence-corrected chi connectivity index (χ4v) is 3.59. The molecule has 116 valence electrons. The van der Waals surface area contributed by atoms with Crippen LogP contribution in [-0.2, 0) is 6.54 Å². The van der Waals surface area contributed by atoms with Crippen molar-refractivity contribution in [1.29, 1.82) is 0 Å². The van der Waals surface area contributed by atoms with Gasteiger partial charge < -0.3 is 14.7 Å². The van der Waals surface area contributed by atoms with Crippen molar-refractivity contribution >= 4 is 27.3 Å². The molecular weight excluding hydrogens is 354 g/mol. The first kappa shape index (κ1) is 16.5. The lowest BCUT2D eigenvalue weighted by molar-refractivity contribution is 0.203. The molecule has 0 aliphatic heterocycles. The molecule has 0 radical (unpaired) electrons. The highest BCUT2D eigenvalue weighted by atomic mass is 79.9. The number of rotatable bonds is 6. The molecule has 1 unspecified atom stereocenters. The molecule has 0 aliphatic rings. The van der Waals surface area contributed by atoms with Gasteiger partial charge in [0.05, 0.1) is 19.9 Å². The summed E-state index contributed by atoms with van der Waals surface area (Å²) < 4.78 is 8.17. The van der Waals surface area contributed by atoms with Crippen molar-refractivity contribution in [2.24, 2.45) is 0 Å². The third kappa shape index (κ3) is 3.66. The molecule has 0 fully saturated rings. The molecule has 7 heteroatoms. The van der Waals surface area contributed by atoms with Gasteiger partial charge in [0.25, 0.3) is 0 Å². The van der Waals surface area contributed by atoms with Gasteiger partial charge in [-0.3, -0.25) is 4.68 Å². The standard InChI is InChI=1S/C14H20BrN3O2S/c1-9-10(15)7-12(21-9)14(19)13-11(20-4)8-16-18(13)6-5-17(2)3/h7-8,14,19H,5-6H2,1-4H3. The summed E-state index contributed by atoms with van der Waals surface area (Å²) >= 11 is 5.06. The van der Waals surface area contributed by atoms with Crippen LogP contribution in [0.3, 0.4) is 0 Å². The zero-order valence-corrected chi connectivity index (χ0v) is 15.0. The van der Waals surface area contributed by atoms with Crippen LogP contribution < -0.4 is 4.74 Å². The largest absolute Gasteiger partial charge is 0.493 e. The average Bonchev–Trinajstić information content (AvgIpc) is 2.99. The predicted octanol–water partition coefficient (Wildman–Crippen LogP) is 2.67. The van der Waals surface area contributed by atoms with Crippen molar-refractivity contribution in [2.75, 3.05) is 27.7 Å². The second-order valence-corrected chi connectivity index (χ2v) is 7.22. The van der Waals surface area contributed by atoms with Crippen LogP contribution in [0.2, 0.25) is 0 Å². The number of hydrogen-bond donors (Lipinski definition) is 1. The van der Waals surface area contributed by atoms with Crippen molar-refractivity contribution in [3.05, 3.63) is 32.2 Å². The highest BCUT2D eigenvalue weighted by Gasteiger charge is 2.23. The summed E-state index contributed by atoms with van der Waals surface area (Å²) in [7, 11) is 5.62. The Morgan fingerprint density at radius 2 is 2.24 bits per heavy atom. The van der Waals surface area contributed by atoms with Crippen molar-refractivity contribution in [3.8, 4) is 5.75 Å². The molecule has 0 spiro atoms. The molecule has 5 nitrogen and oxygen atoms in total. The number of hydrogen-bond acceptors (Lipinski definition) is 5. The Balaban J connectivity index is 2.33. The van der Waals surface area contributed by atoms with Crippen LogP contribution in [0.1, 0.15) is 21.6 Å². The normalized spacial score (nSPS) is 12.9. The third-order valence-corrected chi connectivity index (χ3v) is 5.42. The first-order chi connectivity index (χ1) is 9.93. The van der Waals surface area contributed by atoms with E-state index in [2.05, 4.69) is 25.9 Å². The van der Waals surface area contributed by atoms with Crippen LogP contribution in [0, 0.1) is 6.92 Å². The molecule has 0 saturated heterocycles. The predicted molar refractivity (Wildman–Crippen MR) is 88.2 cm³/mol. The van der Waals surface area contributed by atoms with Gasteiger partial charge in [-0.2, -0.15) is 5.10 Å². The first-order valence-corrected chi connectivity index (χ1v) is 8.23. The quantitative estimate of drug-likeness (QED) is 0.845. The topological polar surface area (TPSA) is 50.5 Å². The molecule has 21 heavy (non-hydrogen) atoms. The van der Waals surface area contributed by atoms with Gasteiger partial charge in [0, 0.05) is 20.8 Å². The molecular formula is C14H20BrN3O2S. The van der Waals surface area contributed by atoms with Gasteiger partial charge in [0.1, 0.15) is 11.8 Å². The fraction of sp³-hybridized carbons (Fsp3) is 0.500. The molecule has 2 aromatic heterocycles. The van der Waals surface area contributed by atoms with Gasteiger partial charge in [-0.05, 0) is 43.0 Å². The van der Waals surface area contributed by atoms with E-state index >= 15 is 0 Å². The van der Waals surface area contributed by atoms with Crippen LogP contribution in [0.25, 0.3) is 0 Å². The third-order valence-electron chi connectivity index (χ3n) is 3.23. The molecule has 1 atom stereocenters. The summed E-state index contributed by atoms with van der Waals surface area (Å²) in [6.07, 6.45) is 0.920. The minimum Gasteiger partial charge on any atom is -0.493 e. The zero-order valence-electron chi connectivity index (χ0n) is 12.6. The molecule has 2 rings (SSSR count). The number of aliphatic hydroxyl groups excluding tert-OH is 1. The molecule has 0 aliphatic carbocycles. The van der Waals surface area contributed by atoms with Crippen LogP contribution in [0.15, 0.2) is 16.7 Å². The fourth-order valence-electron chi connectivity index (χ4n) is 2.03. The minimum absolute atomic E-state index is 0.614. The van der Waals surface area contributed by atoms with Crippen molar-refractivity contribution in [3.63, 3.8) is 0 Å². The highest BCUT2D eigenvalue weighted by Crippen LogP contribution is 2.36. The summed E-state index contributed by atoms with van der Waals surface area (Å²) in [6, 6.07) is 1.95. The summed E-state index contributed by atoms with van der Waals surface area (Å²) in [5.41, 5.74) is 0.702. The Kier molecular flexibility index (Phi) is 5.43. The Bertz CT molecular complexity index is 590. The lowest BCUT2D eigenvalue weighted by atomic mass is 10.2. The van der Waals surface area contributed by atoms with Crippen molar-refractivity contribution < 1.29 is 9.84 Å². The number of likely N-dealkylation sites (N-methyl/N-ethyl adjacent to an activating group) is 1. The summed E-state index contributed by atoms with van der Waals surface area (Å²) in [5, 5.41) is 15.0. The van der Waals surface area contributed by atoms with E-state index in [4.69, 9.17) is 4.74 Å². The lowest BCUT2D eigenvalue weighted by Crippen LogP contribution is -2.21. The van der Waals surface area contributed by atoms with Gasteiger partial charge in [-0.1, -0.05) is 0 Å². The minimum atomic E-state index is -0.736. The SMILES string of the molecule is COc1cnn(CCN(C)C)c1C(O)c1cc(Br)c(C)s1. The van der Waals surface area contributed by atoms with Crippen LogP contribution >= 0.6 is 27.3 Å². The number of ether oxygens (including phenoxy) is 1. The van der Waals surface area contributed by atoms with E-state index in [9.17, 15) is 5.11 Å². The number of nitrogens with zero attached hydrogens (tertiary/aromatic N) is 3. The van der Waals surface area contributed by atoms with Gasteiger partial charge in [-0.15, -0.1) is 11.3 Å². The monoisotopic (exact) mass is 373 g/mol. The van der Waals surface area contributed by atoms with E-state index in [1.807, 2.05) is 31.8 Å². The van der Waals surface area contributed by atoms with Gasteiger partial charge in [0.15, 0.2) is 5.75 Å². The maximum atomic E-state index is 10.7.